The number of nitrogens with two attached hydrogens (primary N) is 1. The van der Waals surface area contributed by atoms with Gasteiger partial charge in [0.1, 0.15) is 0 Å². The third kappa shape index (κ3) is 3.18. The average molecular weight is 295 g/mol. The van der Waals surface area contributed by atoms with E-state index in [4.69, 9.17) is 17.4 Å². The number of benzene rings is 1. The highest BCUT2D eigenvalue weighted by atomic mass is 35.5. The molecule has 102 valence electrons. The molecule has 19 heavy (non-hydrogen) atoms. The van der Waals surface area contributed by atoms with E-state index in [0.717, 1.165) is 15.5 Å². The van der Waals surface area contributed by atoms with E-state index < -0.39 is 0 Å². The Balaban J connectivity index is 2.33. The van der Waals surface area contributed by atoms with Crippen LogP contribution < -0.4 is 11.3 Å². The smallest absolute Gasteiger partial charge is 0.0817 e. The molecule has 0 aliphatic heterocycles. The summed E-state index contributed by atoms with van der Waals surface area (Å²) in [5, 5.41) is 2.73. The summed E-state index contributed by atoms with van der Waals surface area (Å²) in [5.74, 6) is 5.69. The lowest BCUT2D eigenvalue weighted by Gasteiger charge is -2.21. The van der Waals surface area contributed by atoms with Crippen molar-refractivity contribution in [2.45, 2.75) is 32.2 Å². The molecular weight excluding hydrogens is 276 g/mol. The van der Waals surface area contributed by atoms with Crippen LogP contribution in [0.2, 0.25) is 5.02 Å². The Morgan fingerprint density at radius 3 is 2.21 bits per heavy atom. The molecule has 0 spiro atoms. The fourth-order valence-corrected chi connectivity index (χ4v) is 3.26. The van der Waals surface area contributed by atoms with E-state index in [1.807, 2.05) is 11.4 Å². The maximum absolute atomic E-state index is 6.18. The molecule has 2 rings (SSSR count). The highest BCUT2D eigenvalue weighted by Crippen LogP contribution is 2.33. The van der Waals surface area contributed by atoms with Crippen molar-refractivity contribution in [3.63, 3.8) is 0 Å². The standard InChI is InChI=1S/C15H19ClN2S/c1-15(2,3)11-6-4-10(5-7-11)13(18-17)14-12(16)8-9-19-14/h4-9,13,18H,17H2,1-3H3. The van der Waals surface area contributed by atoms with Gasteiger partial charge in [-0.25, -0.2) is 5.43 Å². The van der Waals surface area contributed by atoms with Crippen LogP contribution in [-0.2, 0) is 5.41 Å². The summed E-state index contributed by atoms with van der Waals surface area (Å²) in [4.78, 5) is 1.05. The van der Waals surface area contributed by atoms with Crippen molar-refractivity contribution in [2.75, 3.05) is 0 Å². The lowest BCUT2D eigenvalue weighted by Crippen LogP contribution is -2.28. The first-order chi connectivity index (χ1) is 8.93. The van der Waals surface area contributed by atoms with Gasteiger partial charge in [-0.05, 0) is 28.0 Å². The summed E-state index contributed by atoms with van der Waals surface area (Å²) in [6.07, 6.45) is 0. The zero-order valence-corrected chi connectivity index (χ0v) is 13.0. The zero-order valence-electron chi connectivity index (χ0n) is 11.4. The number of hydrogen-bond donors (Lipinski definition) is 2. The largest absolute Gasteiger partial charge is 0.271 e. The van der Waals surface area contributed by atoms with Gasteiger partial charge in [0.05, 0.1) is 11.1 Å². The quantitative estimate of drug-likeness (QED) is 0.656. The van der Waals surface area contributed by atoms with Gasteiger partial charge in [0.25, 0.3) is 0 Å². The number of rotatable bonds is 3. The van der Waals surface area contributed by atoms with E-state index in [-0.39, 0.29) is 11.5 Å². The summed E-state index contributed by atoms with van der Waals surface area (Å²) < 4.78 is 0. The fraction of sp³-hybridized carbons (Fsp3) is 0.333. The van der Waals surface area contributed by atoms with Crippen LogP contribution in [-0.4, -0.2) is 0 Å². The van der Waals surface area contributed by atoms with Gasteiger partial charge in [0.2, 0.25) is 0 Å². The minimum atomic E-state index is -0.0541. The second-order valence-corrected chi connectivity index (χ2v) is 6.96. The maximum Gasteiger partial charge on any atom is 0.0817 e. The maximum atomic E-state index is 6.18. The molecular formula is C15H19ClN2S. The lowest BCUT2D eigenvalue weighted by molar-refractivity contribution is 0.588. The van der Waals surface area contributed by atoms with Crippen molar-refractivity contribution < 1.29 is 0 Å². The lowest BCUT2D eigenvalue weighted by atomic mass is 9.86. The van der Waals surface area contributed by atoms with Gasteiger partial charge in [-0.2, -0.15) is 0 Å². The Kier molecular flexibility index (Phi) is 4.31. The Hall–Kier alpha value is -0.870. The predicted octanol–water partition coefficient (Wildman–Crippen LogP) is 4.25. The van der Waals surface area contributed by atoms with Crippen LogP contribution in [0.15, 0.2) is 35.7 Å². The number of hydrogen-bond acceptors (Lipinski definition) is 3. The van der Waals surface area contributed by atoms with Crippen LogP contribution >= 0.6 is 22.9 Å². The molecule has 1 aromatic heterocycles. The van der Waals surface area contributed by atoms with E-state index in [2.05, 4.69) is 50.5 Å². The van der Waals surface area contributed by atoms with Gasteiger partial charge in [-0.1, -0.05) is 56.6 Å². The van der Waals surface area contributed by atoms with Crippen LogP contribution in [0.3, 0.4) is 0 Å². The highest BCUT2D eigenvalue weighted by Gasteiger charge is 2.18. The van der Waals surface area contributed by atoms with Crippen molar-refractivity contribution in [3.05, 3.63) is 56.7 Å². The van der Waals surface area contributed by atoms with Gasteiger partial charge >= 0.3 is 0 Å². The molecule has 3 N–H and O–H groups in total. The minimum Gasteiger partial charge on any atom is -0.271 e. The van der Waals surface area contributed by atoms with Crippen LogP contribution in [0.4, 0.5) is 0 Å². The van der Waals surface area contributed by atoms with Gasteiger partial charge < -0.3 is 0 Å². The van der Waals surface area contributed by atoms with Crippen molar-refractivity contribution in [1.29, 1.82) is 0 Å². The van der Waals surface area contributed by atoms with Crippen LogP contribution in [0, 0.1) is 0 Å². The molecule has 0 radical (unpaired) electrons. The first kappa shape index (κ1) is 14.5. The molecule has 1 heterocycles. The van der Waals surface area contributed by atoms with E-state index in [9.17, 15) is 0 Å². The molecule has 0 bridgehead atoms. The molecule has 0 fully saturated rings. The van der Waals surface area contributed by atoms with Gasteiger partial charge in [-0.15, -0.1) is 11.3 Å². The van der Waals surface area contributed by atoms with Crippen LogP contribution in [0.25, 0.3) is 0 Å². The molecule has 1 unspecified atom stereocenters. The molecule has 0 aliphatic carbocycles. The van der Waals surface area contributed by atoms with E-state index in [1.54, 1.807) is 11.3 Å². The van der Waals surface area contributed by atoms with Crippen LogP contribution in [0.5, 0.6) is 0 Å². The van der Waals surface area contributed by atoms with E-state index in [0.29, 0.717) is 0 Å². The van der Waals surface area contributed by atoms with Crippen molar-refractivity contribution in [3.8, 4) is 0 Å². The van der Waals surface area contributed by atoms with E-state index in [1.165, 1.54) is 5.56 Å². The predicted molar refractivity (Wildman–Crippen MR) is 83.6 cm³/mol. The number of nitrogens with one attached hydrogen (secondary N) is 1. The second-order valence-electron chi connectivity index (χ2n) is 5.60. The molecule has 0 saturated carbocycles. The monoisotopic (exact) mass is 294 g/mol. The number of hydrazine groups is 1. The average Bonchev–Trinajstić information content (AvgIpc) is 2.76. The summed E-state index contributed by atoms with van der Waals surface area (Å²) in [5.41, 5.74) is 5.44. The zero-order chi connectivity index (χ0) is 14.0. The van der Waals surface area contributed by atoms with Gasteiger partial charge in [0.15, 0.2) is 0 Å². The first-order valence-electron chi connectivity index (χ1n) is 6.23. The normalized spacial score (nSPS) is 13.5. The highest BCUT2D eigenvalue weighted by molar-refractivity contribution is 7.10. The molecule has 2 aromatic rings. The summed E-state index contributed by atoms with van der Waals surface area (Å²) >= 11 is 7.79. The number of thiophene rings is 1. The Labute approximate surface area is 123 Å². The first-order valence-corrected chi connectivity index (χ1v) is 7.48. The van der Waals surface area contributed by atoms with Gasteiger partial charge in [-0.3, -0.25) is 5.84 Å². The summed E-state index contributed by atoms with van der Waals surface area (Å²) in [6, 6.07) is 10.4. The van der Waals surface area contributed by atoms with E-state index >= 15 is 0 Å². The fourth-order valence-electron chi connectivity index (χ4n) is 2.01. The molecule has 1 aromatic carbocycles. The molecule has 0 saturated heterocycles. The second kappa shape index (κ2) is 5.63. The summed E-state index contributed by atoms with van der Waals surface area (Å²) in [6.45, 7) is 6.62. The minimum absolute atomic E-state index is 0.0541. The number of halogens is 1. The molecule has 2 nitrogen and oxygen atoms in total. The summed E-state index contributed by atoms with van der Waals surface area (Å²) in [7, 11) is 0. The Bertz CT molecular complexity index is 540. The third-order valence-electron chi connectivity index (χ3n) is 3.18. The topological polar surface area (TPSA) is 38.0 Å². The Morgan fingerprint density at radius 2 is 1.79 bits per heavy atom. The van der Waals surface area contributed by atoms with Crippen molar-refractivity contribution >= 4 is 22.9 Å². The van der Waals surface area contributed by atoms with Crippen molar-refractivity contribution in [2.24, 2.45) is 5.84 Å². The van der Waals surface area contributed by atoms with Crippen LogP contribution in [0.1, 0.15) is 42.8 Å². The molecule has 4 heteroatoms. The molecule has 0 aliphatic rings. The SMILES string of the molecule is CC(C)(C)c1ccc(C(NN)c2sccc2Cl)cc1. The third-order valence-corrected chi connectivity index (χ3v) is 4.61. The molecule has 0 amide bonds. The van der Waals surface area contributed by atoms with Gasteiger partial charge in [0, 0.05) is 4.88 Å². The molecule has 1 atom stereocenters. The Morgan fingerprint density at radius 1 is 1.16 bits per heavy atom. The van der Waals surface area contributed by atoms with Crippen molar-refractivity contribution in [1.82, 2.24) is 5.43 Å².